The minimum atomic E-state index is -0.479. The topological polar surface area (TPSA) is 21.3 Å². The number of nitrogens with one attached hydrogen (secondary N) is 1. The fraction of sp³-hybridized carbons (Fsp3) is 0.571. The molecule has 1 N–H and O–H groups in total. The molecule has 2 heterocycles. The average Bonchev–Trinajstić information content (AvgIpc) is 2.40. The van der Waals surface area contributed by atoms with Crippen LogP contribution in [0.2, 0.25) is 0 Å². The van der Waals surface area contributed by atoms with Crippen molar-refractivity contribution in [3.63, 3.8) is 0 Å². The first-order valence-electron chi connectivity index (χ1n) is 6.64. The van der Waals surface area contributed by atoms with E-state index in [-0.39, 0.29) is 6.04 Å². The summed E-state index contributed by atoms with van der Waals surface area (Å²) in [6.07, 6.45) is 4.51. The van der Waals surface area contributed by atoms with Crippen LogP contribution < -0.4 is 10.1 Å². The van der Waals surface area contributed by atoms with Gasteiger partial charge in [0.1, 0.15) is 17.4 Å². The van der Waals surface area contributed by atoms with Crippen molar-refractivity contribution in [2.24, 2.45) is 0 Å². The Hall–Kier alpha value is -1.16. The van der Waals surface area contributed by atoms with Gasteiger partial charge in [0.15, 0.2) is 0 Å². The molecule has 18 heavy (non-hydrogen) atoms. The molecule has 0 radical (unpaired) electrons. The van der Waals surface area contributed by atoms with Crippen molar-refractivity contribution < 1.29 is 13.5 Å². The van der Waals surface area contributed by atoms with Gasteiger partial charge in [0.25, 0.3) is 0 Å². The van der Waals surface area contributed by atoms with Gasteiger partial charge < -0.3 is 10.1 Å². The number of hydrogen-bond acceptors (Lipinski definition) is 2. The lowest BCUT2D eigenvalue weighted by Crippen LogP contribution is -2.29. The van der Waals surface area contributed by atoms with Crippen molar-refractivity contribution in [1.29, 1.82) is 0 Å². The van der Waals surface area contributed by atoms with Crippen LogP contribution >= 0.6 is 0 Å². The maximum Gasteiger partial charge on any atom is 0.134 e. The highest BCUT2D eigenvalue weighted by molar-refractivity contribution is 5.46. The summed E-state index contributed by atoms with van der Waals surface area (Å²) in [5.41, 5.74) is 1.08. The summed E-state index contributed by atoms with van der Waals surface area (Å²) in [6.45, 7) is 1.44. The van der Waals surface area contributed by atoms with Gasteiger partial charge >= 0.3 is 0 Å². The molecule has 1 aromatic rings. The molecular weight excluding hydrogens is 236 g/mol. The molecule has 1 unspecified atom stereocenters. The van der Waals surface area contributed by atoms with Gasteiger partial charge in [0, 0.05) is 23.2 Å². The first-order chi connectivity index (χ1) is 8.77. The van der Waals surface area contributed by atoms with Crippen LogP contribution in [0.4, 0.5) is 8.78 Å². The molecule has 2 aliphatic rings. The van der Waals surface area contributed by atoms with Crippen molar-refractivity contribution >= 4 is 0 Å². The van der Waals surface area contributed by atoms with Crippen molar-refractivity contribution in [2.45, 2.75) is 38.1 Å². The van der Waals surface area contributed by atoms with Crippen LogP contribution in [0.3, 0.4) is 0 Å². The first kappa shape index (κ1) is 11.9. The van der Waals surface area contributed by atoms with Gasteiger partial charge in [-0.3, -0.25) is 0 Å². The first-order valence-corrected chi connectivity index (χ1v) is 6.64. The number of ether oxygens (including phenoxy) is 1. The fourth-order valence-electron chi connectivity index (χ4n) is 2.90. The summed E-state index contributed by atoms with van der Waals surface area (Å²) in [4.78, 5) is 0. The maximum atomic E-state index is 14.1. The second kappa shape index (κ2) is 4.84. The molecule has 1 atom stereocenters. The molecule has 1 saturated heterocycles. The third kappa shape index (κ3) is 1.99. The number of rotatable bonds is 1. The predicted molar refractivity (Wildman–Crippen MR) is 64.8 cm³/mol. The zero-order valence-electron chi connectivity index (χ0n) is 10.3. The van der Waals surface area contributed by atoms with Gasteiger partial charge in [-0.05, 0) is 32.2 Å². The van der Waals surface area contributed by atoms with Crippen LogP contribution in [0.15, 0.2) is 6.07 Å². The molecule has 0 aromatic heterocycles. The number of fused-ring (bicyclic) bond motifs is 1. The van der Waals surface area contributed by atoms with E-state index >= 15 is 0 Å². The van der Waals surface area contributed by atoms with Gasteiger partial charge in [0.2, 0.25) is 0 Å². The summed E-state index contributed by atoms with van der Waals surface area (Å²) in [6, 6.07) is 0.977. The largest absolute Gasteiger partial charge is 0.493 e. The highest BCUT2D eigenvalue weighted by Gasteiger charge is 2.28. The lowest BCUT2D eigenvalue weighted by Gasteiger charge is -2.29. The summed E-state index contributed by atoms with van der Waals surface area (Å²) >= 11 is 0. The highest BCUT2D eigenvalue weighted by Crippen LogP contribution is 2.39. The molecule has 2 aliphatic heterocycles. The van der Waals surface area contributed by atoms with Crippen LogP contribution in [0.5, 0.6) is 5.75 Å². The molecular formula is C14H17F2NO. The normalized spacial score (nSPS) is 23.3. The van der Waals surface area contributed by atoms with Crippen LogP contribution in [-0.2, 0) is 6.42 Å². The molecule has 1 fully saturated rings. The van der Waals surface area contributed by atoms with Crippen molar-refractivity contribution in [2.75, 3.05) is 13.2 Å². The van der Waals surface area contributed by atoms with E-state index < -0.39 is 11.6 Å². The maximum absolute atomic E-state index is 14.1. The minimum absolute atomic E-state index is 0.0359. The van der Waals surface area contributed by atoms with Gasteiger partial charge in [0.05, 0.1) is 6.61 Å². The van der Waals surface area contributed by atoms with Gasteiger partial charge in [-0.25, -0.2) is 8.78 Å². The minimum Gasteiger partial charge on any atom is -0.493 e. The monoisotopic (exact) mass is 253 g/mol. The van der Waals surface area contributed by atoms with Gasteiger partial charge in [-0.1, -0.05) is 6.42 Å². The van der Waals surface area contributed by atoms with Crippen LogP contribution in [0.1, 0.15) is 42.9 Å². The van der Waals surface area contributed by atoms with Gasteiger partial charge in [-0.2, -0.15) is 0 Å². The molecule has 0 bridgehead atoms. The Morgan fingerprint density at radius 3 is 2.83 bits per heavy atom. The van der Waals surface area contributed by atoms with E-state index in [1.807, 2.05) is 0 Å². The third-order valence-corrected chi connectivity index (χ3v) is 3.79. The molecule has 0 saturated carbocycles. The van der Waals surface area contributed by atoms with E-state index in [9.17, 15) is 8.78 Å². The zero-order valence-corrected chi connectivity index (χ0v) is 10.3. The van der Waals surface area contributed by atoms with E-state index in [4.69, 9.17) is 4.74 Å². The van der Waals surface area contributed by atoms with E-state index in [1.54, 1.807) is 0 Å². The lowest BCUT2D eigenvalue weighted by molar-refractivity contribution is 0.269. The average molecular weight is 253 g/mol. The molecule has 4 heteroatoms. The zero-order chi connectivity index (χ0) is 12.5. The third-order valence-electron chi connectivity index (χ3n) is 3.79. The number of piperidine rings is 1. The molecule has 3 rings (SSSR count). The van der Waals surface area contributed by atoms with Gasteiger partial charge in [-0.15, -0.1) is 0 Å². The number of halogens is 2. The Bertz CT molecular complexity index is 456. The highest BCUT2D eigenvalue weighted by atomic mass is 19.1. The van der Waals surface area contributed by atoms with Crippen LogP contribution in [0, 0.1) is 11.6 Å². The molecule has 0 amide bonds. The smallest absolute Gasteiger partial charge is 0.134 e. The fourth-order valence-corrected chi connectivity index (χ4v) is 2.90. The number of benzene rings is 1. The number of hydrogen-bond donors (Lipinski definition) is 1. The summed E-state index contributed by atoms with van der Waals surface area (Å²) in [5, 5.41) is 3.30. The lowest BCUT2D eigenvalue weighted by atomic mass is 9.92. The summed E-state index contributed by atoms with van der Waals surface area (Å²) < 4.78 is 33.4. The molecule has 0 aliphatic carbocycles. The molecule has 2 nitrogen and oxygen atoms in total. The Morgan fingerprint density at radius 2 is 2.06 bits per heavy atom. The Kier molecular flexibility index (Phi) is 3.20. The second-order valence-electron chi connectivity index (χ2n) is 5.02. The summed E-state index contributed by atoms with van der Waals surface area (Å²) in [5.74, 6) is -0.493. The van der Waals surface area contributed by atoms with Crippen molar-refractivity contribution in [3.05, 3.63) is 28.8 Å². The van der Waals surface area contributed by atoms with E-state index in [0.717, 1.165) is 38.3 Å². The van der Waals surface area contributed by atoms with Crippen molar-refractivity contribution in [1.82, 2.24) is 5.32 Å². The predicted octanol–water partition coefficient (Wildman–Crippen LogP) is 3.10. The quantitative estimate of drug-likeness (QED) is 0.830. The molecule has 1 aromatic carbocycles. The Balaban J connectivity index is 2.06. The summed E-state index contributed by atoms with van der Waals surface area (Å²) in [7, 11) is 0. The molecule has 0 spiro atoms. The second-order valence-corrected chi connectivity index (χ2v) is 5.02. The Labute approximate surface area is 105 Å². The Morgan fingerprint density at radius 1 is 1.17 bits per heavy atom. The molecule has 98 valence electrons. The van der Waals surface area contributed by atoms with E-state index in [1.165, 1.54) is 0 Å². The standard InChI is InChI=1S/C14H17F2NO/c15-10-8-11(16)13(12-5-1-2-6-17-12)14-9(10)4-3-7-18-14/h8,12,17H,1-7H2. The van der Waals surface area contributed by atoms with Crippen LogP contribution in [0.25, 0.3) is 0 Å². The van der Waals surface area contributed by atoms with E-state index in [0.29, 0.717) is 29.9 Å². The van der Waals surface area contributed by atoms with Crippen molar-refractivity contribution in [3.8, 4) is 5.75 Å². The van der Waals surface area contributed by atoms with E-state index in [2.05, 4.69) is 5.32 Å². The SMILES string of the molecule is Fc1cc(F)c(C2CCCCN2)c2c1CCCO2. The van der Waals surface area contributed by atoms with Crippen LogP contribution in [-0.4, -0.2) is 13.2 Å².